The maximum Gasteiger partial charge on any atom is 0.317 e. The summed E-state index contributed by atoms with van der Waals surface area (Å²) in [7, 11) is 0. The molecular weight excluding hydrogens is 337 g/mol. The van der Waals surface area contributed by atoms with Crippen molar-refractivity contribution >= 4 is 40.8 Å². The van der Waals surface area contributed by atoms with Gasteiger partial charge in [0.1, 0.15) is 0 Å². The van der Waals surface area contributed by atoms with E-state index in [4.69, 9.17) is 23.2 Å². The molecule has 0 atom stereocenters. The SMILES string of the molecule is O=C(Nc1cc(Cl)ccc1Cl)C1CCN(C(=O)NC2CC2)CC1. The number of carbonyl (C=O) groups is 2. The Bertz CT molecular complexity index is 611. The zero-order valence-corrected chi connectivity index (χ0v) is 14.2. The molecule has 124 valence electrons. The molecule has 1 saturated heterocycles. The molecule has 1 aliphatic heterocycles. The van der Waals surface area contributed by atoms with Gasteiger partial charge in [-0.25, -0.2) is 4.79 Å². The van der Waals surface area contributed by atoms with E-state index >= 15 is 0 Å². The summed E-state index contributed by atoms with van der Waals surface area (Å²) in [6, 6.07) is 5.32. The second-order valence-electron chi connectivity index (χ2n) is 6.10. The molecule has 7 heteroatoms. The fourth-order valence-electron chi connectivity index (χ4n) is 2.67. The van der Waals surface area contributed by atoms with Gasteiger partial charge >= 0.3 is 6.03 Å². The lowest BCUT2D eigenvalue weighted by atomic mass is 9.96. The maximum atomic E-state index is 12.4. The Morgan fingerprint density at radius 1 is 1.09 bits per heavy atom. The first-order valence-corrected chi connectivity index (χ1v) is 8.60. The summed E-state index contributed by atoms with van der Waals surface area (Å²) in [5, 5.41) is 6.79. The van der Waals surface area contributed by atoms with E-state index in [1.54, 1.807) is 23.1 Å². The van der Waals surface area contributed by atoms with Gasteiger partial charge in [-0.1, -0.05) is 23.2 Å². The molecule has 2 N–H and O–H groups in total. The number of amides is 3. The van der Waals surface area contributed by atoms with Gasteiger partial charge in [0, 0.05) is 30.1 Å². The van der Waals surface area contributed by atoms with Crippen LogP contribution < -0.4 is 10.6 Å². The lowest BCUT2D eigenvalue weighted by Gasteiger charge is -2.31. The summed E-state index contributed by atoms with van der Waals surface area (Å²) >= 11 is 12.0. The lowest BCUT2D eigenvalue weighted by molar-refractivity contribution is -0.121. The number of anilines is 1. The van der Waals surface area contributed by atoms with Crippen LogP contribution in [-0.2, 0) is 4.79 Å². The summed E-state index contributed by atoms with van der Waals surface area (Å²) in [6.07, 6.45) is 3.46. The number of rotatable bonds is 3. The third-order valence-electron chi connectivity index (χ3n) is 4.24. The number of nitrogens with one attached hydrogen (secondary N) is 2. The monoisotopic (exact) mass is 355 g/mol. The average Bonchev–Trinajstić information content (AvgIpc) is 3.35. The Balaban J connectivity index is 1.51. The van der Waals surface area contributed by atoms with Crippen molar-refractivity contribution in [3.8, 4) is 0 Å². The van der Waals surface area contributed by atoms with E-state index < -0.39 is 0 Å². The molecule has 1 aliphatic carbocycles. The Labute approximate surface area is 145 Å². The third-order valence-corrected chi connectivity index (χ3v) is 4.81. The van der Waals surface area contributed by atoms with Crippen LogP contribution in [0.15, 0.2) is 18.2 Å². The van der Waals surface area contributed by atoms with Crippen LogP contribution in [0.5, 0.6) is 0 Å². The molecule has 0 unspecified atom stereocenters. The second kappa shape index (κ2) is 6.97. The van der Waals surface area contributed by atoms with Crippen molar-refractivity contribution in [2.24, 2.45) is 5.92 Å². The van der Waals surface area contributed by atoms with Crippen molar-refractivity contribution in [3.63, 3.8) is 0 Å². The number of piperidine rings is 1. The Morgan fingerprint density at radius 3 is 2.43 bits per heavy atom. The minimum absolute atomic E-state index is 0.00996. The summed E-state index contributed by atoms with van der Waals surface area (Å²) in [6.45, 7) is 1.19. The van der Waals surface area contributed by atoms with Crippen LogP contribution in [0.25, 0.3) is 0 Å². The van der Waals surface area contributed by atoms with Gasteiger partial charge in [-0.3, -0.25) is 4.79 Å². The molecule has 0 radical (unpaired) electrons. The summed E-state index contributed by atoms with van der Waals surface area (Å²) in [5.41, 5.74) is 0.526. The van der Waals surface area contributed by atoms with Crippen LogP contribution in [0, 0.1) is 5.92 Å². The summed E-state index contributed by atoms with van der Waals surface area (Å²) in [5.74, 6) is -0.188. The van der Waals surface area contributed by atoms with E-state index in [1.165, 1.54) is 0 Å². The first kappa shape index (κ1) is 16.4. The van der Waals surface area contributed by atoms with E-state index in [0.717, 1.165) is 12.8 Å². The average molecular weight is 356 g/mol. The van der Waals surface area contributed by atoms with E-state index in [-0.39, 0.29) is 17.9 Å². The normalized spacial score (nSPS) is 18.6. The Morgan fingerprint density at radius 2 is 1.78 bits per heavy atom. The Kier molecular flexibility index (Phi) is 4.97. The van der Waals surface area contributed by atoms with Crippen LogP contribution in [0.4, 0.5) is 10.5 Å². The lowest BCUT2D eigenvalue weighted by Crippen LogP contribution is -2.46. The molecule has 3 amide bonds. The van der Waals surface area contributed by atoms with Gasteiger partial charge in [-0.2, -0.15) is 0 Å². The number of benzene rings is 1. The summed E-state index contributed by atoms with van der Waals surface area (Å²) in [4.78, 5) is 26.1. The van der Waals surface area contributed by atoms with Crippen LogP contribution in [0.3, 0.4) is 0 Å². The van der Waals surface area contributed by atoms with E-state index in [1.807, 2.05) is 0 Å². The summed E-state index contributed by atoms with van der Waals surface area (Å²) < 4.78 is 0. The predicted octanol–water partition coefficient (Wildman–Crippen LogP) is 3.52. The highest BCUT2D eigenvalue weighted by Crippen LogP contribution is 2.27. The van der Waals surface area contributed by atoms with Gasteiger partial charge in [-0.15, -0.1) is 0 Å². The molecule has 1 saturated carbocycles. The molecule has 0 spiro atoms. The van der Waals surface area contributed by atoms with Gasteiger partial charge in [-0.05, 0) is 43.9 Å². The second-order valence-corrected chi connectivity index (χ2v) is 6.94. The van der Waals surface area contributed by atoms with E-state index in [0.29, 0.717) is 47.7 Å². The number of hydrogen-bond donors (Lipinski definition) is 2. The molecule has 0 aromatic heterocycles. The van der Waals surface area contributed by atoms with Crippen molar-refractivity contribution in [2.75, 3.05) is 18.4 Å². The number of likely N-dealkylation sites (tertiary alicyclic amines) is 1. The quantitative estimate of drug-likeness (QED) is 0.871. The van der Waals surface area contributed by atoms with Crippen LogP contribution >= 0.6 is 23.2 Å². The van der Waals surface area contributed by atoms with Crippen molar-refractivity contribution in [1.82, 2.24) is 10.2 Å². The molecule has 23 heavy (non-hydrogen) atoms. The van der Waals surface area contributed by atoms with Crippen molar-refractivity contribution < 1.29 is 9.59 Å². The van der Waals surface area contributed by atoms with Gasteiger partial charge in [0.2, 0.25) is 5.91 Å². The van der Waals surface area contributed by atoms with Crippen molar-refractivity contribution in [3.05, 3.63) is 28.2 Å². The predicted molar refractivity (Wildman–Crippen MR) is 90.9 cm³/mol. The van der Waals surface area contributed by atoms with Crippen LogP contribution in [0.2, 0.25) is 10.0 Å². The zero-order valence-electron chi connectivity index (χ0n) is 12.6. The first-order chi connectivity index (χ1) is 11.0. The topological polar surface area (TPSA) is 61.4 Å². The molecule has 3 rings (SSSR count). The molecule has 2 fully saturated rings. The minimum atomic E-state index is -0.116. The molecule has 1 aromatic carbocycles. The fraction of sp³-hybridized carbons (Fsp3) is 0.500. The van der Waals surface area contributed by atoms with Gasteiger partial charge in [0.25, 0.3) is 0 Å². The largest absolute Gasteiger partial charge is 0.335 e. The molecule has 0 bridgehead atoms. The number of urea groups is 1. The highest BCUT2D eigenvalue weighted by atomic mass is 35.5. The fourth-order valence-corrected chi connectivity index (χ4v) is 3.00. The highest BCUT2D eigenvalue weighted by Gasteiger charge is 2.30. The van der Waals surface area contributed by atoms with E-state index in [9.17, 15) is 9.59 Å². The van der Waals surface area contributed by atoms with Crippen molar-refractivity contribution in [1.29, 1.82) is 0 Å². The van der Waals surface area contributed by atoms with Gasteiger partial charge in [0.05, 0.1) is 10.7 Å². The highest BCUT2D eigenvalue weighted by molar-refractivity contribution is 6.35. The van der Waals surface area contributed by atoms with Crippen LogP contribution in [0.1, 0.15) is 25.7 Å². The molecule has 5 nitrogen and oxygen atoms in total. The standard InChI is InChI=1S/C16H19Cl2N3O2/c17-11-1-4-13(18)14(9-11)20-15(22)10-5-7-21(8-6-10)16(23)19-12-2-3-12/h1,4,9-10,12H,2-3,5-8H2,(H,19,23)(H,20,22). The molecule has 1 heterocycles. The smallest absolute Gasteiger partial charge is 0.317 e. The molecule has 1 aromatic rings. The maximum absolute atomic E-state index is 12.4. The number of halogens is 2. The van der Waals surface area contributed by atoms with Gasteiger partial charge < -0.3 is 15.5 Å². The molecule has 2 aliphatic rings. The minimum Gasteiger partial charge on any atom is -0.335 e. The van der Waals surface area contributed by atoms with Gasteiger partial charge in [0.15, 0.2) is 0 Å². The molecular formula is C16H19Cl2N3O2. The Hall–Kier alpha value is -1.46. The number of carbonyl (C=O) groups excluding carboxylic acids is 2. The third kappa shape index (κ3) is 4.30. The zero-order chi connectivity index (χ0) is 16.4. The van der Waals surface area contributed by atoms with E-state index in [2.05, 4.69) is 10.6 Å². The van der Waals surface area contributed by atoms with Crippen LogP contribution in [-0.4, -0.2) is 36.0 Å². The first-order valence-electron chi connectivity index (χ1n) is 7.84. The number of hydrogen-bond acceptors (Lipinski definition) is 2. The van der Waals surface area contributed by atoms with Crippen molar-refractivity contribution in [2.45, 2.75) is 31.7 Å². The number of nitrogens with zero attached hydrogens (tertiary/aromatic N) is 1.